The van der Waals surface area contributed by atoms with E-state index >= 15 is 0 Å². The number of epoxide rings is 1. The number of ether oxygens (including phenoxy) is 1. The maximum atomic E-state index is 9.69. The predicted octanol–water partition coefficient (Wildman–Crippen LogP) is -3.58. The largest absolute Gasteiger partial charge is 1.00 e. The second kappa shape index (κ2) is 4.74. The molecule has 9 heavy (non-hydrogen) atoms. The molecule has 0 amide bonds. The van der Waals surface area contributed by atoms with Crippen LogP contribution in [-0.2, 0) is 13.8 Å². The van der Waals surface area contributed by atoms with E-state index in [-0.39, 0.29) is 42.3 Å². The van der Waals surface area contributed by atoms with Crippen molar-refractivity contribution in [2.45, 2.75) is 6.10 Å². The minimum Gasteiger partial charge on any atom is -0.566 e. The molecule has 0 aromatic rings. The molecule has 1 aliphatic heterocycles. The van der Waals surface area contributed by atoms with Crippen LogP contribution in [0.1, 0.15) is 0 Å². The average Bonchev–Trinajstić information content (AvgIpc) is 2.41. The third-order valence-corrected chi connectivity index (χ3v) is 1.13. The molecule has 6 heteroatoms. The molecule has 1 saturated heterocycles. The fourth-order valence-corrected chi connectivity index (χ4v) is 0.596. The first-order valence-electron chi connectivity index (χ1n) is 2.18. The van der Waals surface area contributed by atoms with Crippen molar-refractivity contribution < 1.29 is 48.3 Å². The monoisotopic (exact) mass is 159 g/mol. The Hall–Kier alpha value is 0.980. The van der Waals surface area contributed by atoms with Crippen molar-refractivity contribution in [3.63, 3.8) is 0 Å². The van der Waals surface area contributed by atoms with Gasteiger partial charge in [-0.2, -0.15) is 0 Å². The summed E-state index contributed by atoms with van der Waals surface area (Å²) in [7, 11) is -2.67. The van der Waals surface area contributed by atoms with Crippen LogP contribution in [0.15, 0.2) is 0 Å². The normalized spacial score (nSPS) is 24.6. The summed E-state index contributed by atoms with van der Waals surface area (Å²) in [6.45, 7) is 0.807. The molecule has 0 radical (unpaired) electrons. The van der Waals surface area contributed by atoms with Crippen molar-refractivity contribution >= 4 is 8.25 Å². The molecule has 2 unspecified atom stereocenters. The van der Waals surface area contributed by atoms with Crippen molar-refractivity contribution in [2.75, 3.05) is 13.2 Å². The molecule has 0 aliphatic carbocycles. The van der Waals surface area contributed by atoms with Crippen LogP contribution in [0, 0.1) is 0 Å². The number of rotatable bonds is 3. The standard InChI is InChI=1S/C3H5O4P.Na/c4-8(5)7-2-3-1-6-3;/h3H,1-2H2;/q;+1. The second-order valence-electron chi connectivity index (χ2n) is 1.47. The van der Waals surface area contributed by atoms with Crippen molar-refractivity contribution in [1.82, 2.24) is 0 Å². The molecule has 0 aromatic heterocycles. The van der Waals surface area contributed by atoms with Crippen LogP contribution in [0.3, 0.4) is 0 Å². The molecular weight excluding hydrogens is 154 g/mol. The van der Waals surface area contributed by atoms with E-state index < -0.39 is 8.25 Å². The number of hydrogen-bond acceptors (Lipinski definition) is 4. The Morgan fingerprint density at radius 2 is 2.44 bits per heavy atom. The van der Waals surface area contributed by atoms with Gasteiger partial charge in [-0.3, -0.25) is 0 Å². The predicted molar refractivity (Wildman–Crippen MR) is 23.3 cm³/mol. The molecule has 46 valence electrons. The summed E-state index contributed by atoms with van der Waals surface area (Å²) in [5, 5.41) is 0. The van der Waals surface area contributed by atoms with Crippen LogP contribution in [0.25, 0.3) is 0 Å². The molecule has 0 bridgehead atoms. The van der Waals surface area contributed by atoms with Gasteiger partial charge in [0.25, 0.3) is 0 Å². The van der Waals surface area contributed by atoms with Crippen molar-refractivity contribution in [3.05, 3.63) is 0 Å². The summed E-state index contributed by atoms with van der Waals surface area (Å²) in [6.07, 6.45) is 0.0305. The van der Waals surface area contributed by atoms with Gasteiger partial charge in [0.05, 0.1) is 6.61 Å². The molecule has 0 aromatic carbocycles. The molecule has 1 aliphatic rings. The van der Waals surface area contributed by atoms with Gasteiger partial charge < -0.3 is 9.63 Å². The van der Waals surface area contributed by atoms with Gasteiger partial charge in [0, 0.05) is 0 Å². The smallest absolute Gasteiger partial charge is 0.566 e. The van der Waals surface area contributed by atoms with Crippen LogP contribution in [-0.4, -0.2) is 19.3 Å². The molecule has 1 fully saturated rings. The molecule has 0 saturated carbocycles. The molecular formula is C3H5NaO4P+. The Kier molecular flexibility index (Phi) is 5.26. The third-order valence-electron chi connectivity index (χ3n) is 0.768. The Morgan fingerprint density at radius 3 is 2.78 bits per heavy atom. The second-order valence-corrected chi connectivity index (χ2v) is 2.18. The molecule has 2 atom stereocenters. The molecule has 0 N–H and O–H groups in total. The SMILES string of the molecule is O=[P+]([O-])OCC1CO1.[Na+]. The Balaban J connectivity index is 0.000000640. The van der Waals surface area contributed by atoms with E-state index in [1.165, 1.54) is 0 Å². The summed E-state index contributed by atoms with van der Waals surface area (Å²) < 4.78 is 18.6. The fourth-order valence-electron chi connectivity index (χ4n) is 0.308. The van der Waals surface area contributed by atoms with Crippen molar-refractivity contribution in [3.8, 4) is 0 Å². The van der Waals surface area contributed by atoms with Gasteiger partial charge in [0.15, 0.2) is 0 Å². The summed E-state index contributed by atoms with van der Waals surface area (Å²) in [5.41, 5.74) is 0. The molecule has 1 heterocycles. The Morgan fingerprint density at radius 1 is 1.89 bits per heavy atom. The first kappa shape index (κ1) is 9.98. The van der Waals surface area contributed by atoms with Gasteiger partial charge in [-0.05, 0) is 4.57 Å². The average molecular weight is 159 g/mol. The van der Waals surface area contributed by atoms with Gasteiger partial charge in [-0.1, -0.05) is 0 Å². The van der Waals surface area contributed by atoms with E-state index in [0.717, 1.165) is 0 Å². The first-order chi connectivity index (χ1) is 3.79. The zero-order valence-electron chi connectivity index (χ0n) is 5.07. The molecule has 0 spiro atoms. The summed E-state index contributed by atoms with van der Waals surface area (Å²) in [5.74, 6) is 0. The first-order valence-corrected chi connectivity index (χ1v) is 3.27. The van der Waals surface area contributed by atoms with E-state index in [4.69, 9.17) is 0 Å². The minimum atomic E-state index is -2.67. The van der Waals surface area contributed by atoms with E-state index in [9.17, 15) is 9.46 Å². The van der Waals surface area contributed by atoms with Gasteiger partial charge in [-0.25, -0.2) is 0 Å². The van der Waals surface area contributed by atoms with E-state index in [0.29, 0.717) is 6.61 Å². The van der Waals surface area contributed by atoms with E-state index in [2.05, 4.69) is 9.26 Å². The van der Waals surface area contributed by atoms with Gasteiger partial charge in [0.1, 0.15) is 12.7 Å². The maximum absolute atomic E-state index is 9.69. The van der Waals surface area contributed by atoms with Crippen LogP contribution >= 0.6 is 8.25 Å². The zero-order chi connectivity index (χ0) is 5.98. The van der Waals surface area contributed by atoms with E-state index in [1.807, 2.05) is 0 Å². The van der Waals surface area contributed by atoms with Crippen molar-refractivity contribution in [2.24, 2.45) is 0 Å². The van der Waals surface area contributed by atoms with Crippen LogP contribution in [0.4, 0.5) is 0 Å². The van der Waals surface area contributed by atoms with Crippen LogP contribution in [0.5, 0.6) is 0 Å². The summed E-state index contributed by atoms with van der Waals surface area (Å²) in [6, 6.07) is 0. The van der Waals surface area contributed by atoms with Gasteiger partial charge in [-0.15, -0.1) is 4.52 Å². The summed E-state index contributed by atoms with van der Waals surface area (Å²) >= 11 is 0. The maximum Gasteiger partial charge on any atom is 1.00 e. The van der Waals surface area contributed by atoms with Crippen LogP contribution < -0.4 is 34.5 Å². The molecule has 1 rings (SSSR count). The Labute approximate surface area is 75.8 Å². The van der Waals surface area contributed by atoms with Gasteiger partial charge in [0.2, 0.25) is 0 Å². The van der Waals surface area contributed by atoms with Crippen molar-refractivity contribution in [1.29, 1.82) is 0 Å². The quantitative estimate of drug-likeness (QED) is 0.243. The minimum absolute atomic E-state index is 0. The summed E-state index contributed by atoms with van der Waals surface area (Å²) in [4.78, 5) is 9.69. The van der Waals surface area contributed by atoms with E-state index in [1.54, 1.807) is 0 Å². The fraction of sp³-hybridized carbons (Fsp3) is 1.00. The third kappa shape index (κ3) is 5.43. The zero-order valence-corrected chi connectivity index (χ0v) is 7.97. The van der Waals surface area contributed by atoms with Gasteiger partial charge >= 0.3 is 37.8 Å². The Bertz CT molecular complexity index is 104. The topological polar surface area (TPSA) is 61.9 Å². The number of hydrogen-bond donors (Lipinski definition) is 0. The van der Waals surface area contributed by atoms with Crippen LogP contribution in [0.2, 0.25) is 0 Å². The molecule has 4 nitrogen and oxygen atoms in total.